The molecule has 0 aliphatic carbocycles. The Morgan fingerprint density at radius 3 is 2.52 bits per heavy atom. The summed E-state index contributed by atoms with van der Waals surface area (Å²) in [6.45, 7) is 8.80. The number of carbonyl (C=O) groups excluding carboxylic acids is 1. The van der Waals surface area contributed by atoms with E-state index in [1.807, 2.05) is 0 Å². The van der Waals surface area contributed by atoms with Crippen LogP contribution in [0.4, 0.5) is 0 Å². The molecule has 0 unspecified atom stereocenters. The highest BCUT2D eigenvalue weighted by Crippen LogP contribution is 2.24. The molecule has 1 aromatic heterocycles. The Balaban J connectivity index is 1.43. The zero-order valence-electron chi connectivity index (χ0n) is 15.8. The van der Waals surface area contributed by atoms with E-state index >= 15 is 0 Å². The molecule has 0 N–H and O–H groups in total. The zero-order valence-corrected chi connectivity index (χ0v) is 16.6. The first-order valence-electron chi connectivity index (χ1n) is 9.87. The number of likely N-dealkylation sites (N-methyl/N-ethyl adjacent to an activating group) is 1. The molecule has 5 heteroatoms. The average molecular weight is 364 g/mol. The first-order chi connectivity index (χ1) is 12.2. The molecule has 3 heterocycles. The summed E-state index contributed by atoms with van der Waals surface area (Å²) in [7, 11) is 2.23. The van der Waals surface area contributed by atoms with Crippen molar-refractivity contribution >= 4 is 17.2 Å². The lowest BCUT2D eigenvalue weighted by molar-refractivity contribution is -0.131. The molecule has 140 valence electrons. The second-order valence-corrected chi connectivity index (χ2v) is 8.53. The fourth-order valence-corrected chi connectivity index (χ4v) is 4.93. The molecule has 0 bridgehead atoms. The van der Waals surface area contributed by atoms with Crippen molar-refractivity contribution in [2.45, 2.75) is 45.1 Å². The van der Waals surface area contributed by atoms with Gasteiger partial charge in [0.25, 0.3) is 0 Å². The molecule has 0 spiro atoms. The summed E-state index contributed by atoms with van der Waals surface area (Å²) in [6, 6.07) is 2.86. The summed E-state index contributed by atoms with van der Waals surface area (Å²) < 4.78 is 0. The fourth-order valence-electron chi connectivity index (χ4n) is 4.26. The molecule has 0 radical (unpaired) electrons. The van der Waals surface area contributed by atoms with Crippen molar-refractivity contribution in [3.05, 3.63) is 22.4 Å². The molecule has 0 aromatic carbocycles. The normalized spacial score (nSPS) is 21.5. The Labute approximate surface area is 156 Å². The van der Waals surface area contributed by atoms with Crippen LogP contribution in [-0.4, -0.2) is 73.0 Å². The van der Waals surface area contributed by atoms with Crippen molar-refractivity contribution in [2.24, 2.45) is 5.92 Å². The standard InChI is InChI=1S/C20H33N3OS/c1-3-22(20(24)14-18-8-13-25-16-18)15-17-4-11-23(12-5-17)19-6-9-21(2)10-7-19/h8,13,16-17,19H,3-7,9-12,14-15H2,1-2H3. The molecule has 0 saturated carbocycles. The number of nitrogens with zero attached hydrogens (tertiary/aromatic N) is 3. The number of carbonyl (C=O) groups is 1. The van der Waals surface area contributed by atoms with Crippen molar-refractivity contribution in [1.82, 2.24) is 14.7 Å². The van der Waals surface area contributed by atoms with Crippen molar-refractivity contribution in [2.75, 3.05) is 46.3 Å². The molecule has 25 heavy (non-hydrogen) atoms. The van der Waals surface area contributed by atoms with Gasteiger partial charge in [0.15, 0.2) is 0 Å². The maximum Gasteiger partial charge on any atom is 0.227 e. The van der Waals surface area contributed by atoms with E-state index in [4.69, 9.17) is 0 Å². The van der Waals surface area contributed by atoms with Crippen LogP contribution in [0.3, 0.4) is 0 Å². The molecule has 4 nitrogen and oxygen atoms in total. The molecular formula is C20H33N3OS. The van der Waals surface area contributed by atoms with E-state index in [0.29, 0.717) is 18.2 Å². The lowest BCUT2D eigenvalue weighted by Crippen LogP contribution is -2.48. The highest BCUT2D eigenvalue weighted by molar-refractivity contribution is 7.07. The Hall–Kier alpha value is -0.910. The Morgan fingerprint density at radius 1 is 1.20 bits per heavy atom. The molecule has 0 atom stereocenters. The van der Waals surface area contributed by atoms with Gasteiger partial charge >= 0.3 is 0 Å². The third-order valence-electron chi connectivity index (χ3n) is 6.00. The topological polar surface area (TPSA) is 26.8 Å². The van der Waals surface area contributed by atoms with Gasteiger partial charge in [-0.15, -0.1) is 0 Å². The van der Waals surface area contributed by atoms with E-state index in [0.717, 1.165) is 24.7 Å². The minimum atomic E-state index is 0.290. The van der Waals surface area contributed by atoms with Gasteiger partial charge in [-0.25, -0.2) is 0 Å². The summed E-state index contributed by atoms with van der Waals surface area (Å²) in [5.74, 6) is 0.965. The van der Waals surface area contributed by atoms with E-state index in [-0.39, 0.29) is 0 Å². The van der Waals surface area contributed by atoms with Gasteiger partial charge in [-0.2, -0.15) is 11.3 Å². The van der Waals surface area contributed by atoms with E-state index < -0.39 is 0 Å². The lowest BCUT2D eigenvalue weighted by atomic mass is 9.93. The summed E-state index contributed by atoms with van der Waals surface area (Å²) in [6.07, 6.45) is 5.69. The Bertz CT molecular complexity index is 517. The first-order valence-corrected chi connectivity index (χ1v) is 10.8. The maximum absolute atomic E-state index is 12.6. The van der Waals surface area contributed by atoms with Crippen molar-refractivity contribution < 1.29 is 4.79 Å². The van der Waals surface area contributed by atoms with Crippen LogP contribution in [0.1, 0.15) is 38.2 Å². The quantitative estimate of drug-likeness (QED) is 0.777. The third kappa shape index (κ3) is 5.28. The van der Waals surface area contributed by atoms with Crippen molar-refractivity contribution in [3.8, 4) is 0 Å². The Morgan fingerprint density at radius 2 is 1.92 bits per heavy atom. The molecule has 1 amide bonds. The summed E-state index contributed by atoms with van der Waals surface area (Å²) in [5.41, 5.74) is 1.16. The van der Waals surface area contributed by atoms with Gasteiger partial charge in [-0.3, -0.25) is 4.79 Å². The van der Waals surface area contributed by atoms with E-state index in [1.54, 1.807) is 11.3 Å². The van der Waals surface area contributed by atoms with Crippen LogP contribution >= 0.6 is 11.3 Å². The molecule has 2 fully saturated rings. The fraction of sp³-hybridized carbons (Fsp3) is 0.750. The van der Waals surface area contributed by atoms with E-state index in [2.05, 4.69) is 45.5 Å². The molecule has 1 aromatic rings. The second kappa shape index (κ2) is 9.15. The number of likely N-dealkylation sites (tertiary alicyclic amines) is 2. The van der Waals surface area contributed by atoms with Crippen LogP contribution in [0.2, 0.25) is 0 Å². The smallest absolute Gasteiger partial charge is 0.227 e. The van der Waals surface area contributed by atoms with Gasteiger partial charge in [-0.05, 0) is 94.1 Å². The van der Waals surface area contributed by atoms with Crippen LogP contribution in [0.25, 0.3) is 0 Å². The number of hydrogen-bond donors (Lipinski definition) is 0. The van der Waals surface area contributed by atoms with Crippen molar-refractivity contribution in [1.29, 1.82) is 0 Å². The number of amides is 1. The maximum atomic E-state index is 12.6. The van der Waals surface area contributed by atoms with Crippen LogP contribution in [0.15, 0.2) is 16.8 Å². The minimum absolute atomic E-state index is 0.290. The predicted molar refractivity (Wildman–Crippen MR) is 105 cm³/mol. The minimum Gasteiger partial charge on any atom is -0.342 e. The largest absolute Gasteiger partial charge is 0.342 e. The van der Waals surface area contributed by atoms with E-state index in [1.165, 1.54) is 51.9 Å². The Kier molecular flexibility index (Phi) is 6.91. The van der Waals surface area contributed by atoms with Gasteiger partial charge in [-0.1, -0.05) is 0 Å². The molecule has 2 saturated heterocycles. The predicted octanol–water partition coefficient (Wildman–Crippen LogP) is 2.95. The first kappa shape index (κ1) is 18.9. The third-order valence-corrected chi connectivity index (χ3v) is 6.73. The monoisotopic (exact) mass is 363 g/mol. The van der Waals surface area contributed by atoms with Crippen LogP contribution in [0, 0.1) is 5.92 Å². The summed E-state index contributed by atoms with van der Waals surface area (Å²) in [4.78, 5) is 19.8. The molecule has 3 rings (SSSR count). The molecule has 2 aliphatic rings. The van der Waals surface area contributed by atoms with Gasteiger partial charge in [0.2, 0.25) is 5.91 Å². The summed E-state index contributed by atoms with van der Waals surface area (Å²) in [5, 5.41) is 4.14. The van der Waals surface area contributed by atoms with Crippen LogP contribution in [-0.2, 0) is 11.2 Å². The van der Waals surface area contributed by atoms with Crippen LogP contribution < -0.4 is 0 Å². The number of piperidine rings is 2. The zero-order chi connectivity index (χ0) is 17.6. The average Bonchev–Trinajstić information content (AvgIpc) is 3.14. The highest BCUT2D eigenvalue weighted by atomic mass is 32.1. The van der Waals surface area contributed by atoms with Gasteiger partial charge in [0.1, 0.15) is 0 Å². The summed E-state index contributed by atoms with van der Waals surface area (Å²) >= 11 is 1.67. The van der Waals surface area contributed by atoms with Crippen molar-refractivity contribution in [3.63, 3.8) is 0 Å². The van der Waals surface area contributed by atoms with Crippen LogP contribution in [0.5, 0.6) is 0 Å². The molecular weight excluding hydrogens is 330 g/mol. The van der Waals surface area contributed by atoms with E-state index in [9.17, 15) is 4.79 Å². The highest BCUT2D eigenvalue weighted by Gasteiger charge is 2.28. The number of rotatable bonds is 6. The van der Waals surface area contributed by atoms with Gasteiger partial charge in [0, 0.05) is 19.1 Å². The lowest BCUT2D eigenvalue weighted by Gasteiger charge is -2.41. The van der Waals surface area contributed by atoms with Gasteiger partial charge < -0.3 is 14.7 Å². The molecule has 2 aliphatic heterocycles. The SMILES string of the molecule is CCN(CC1CCN(C2CCN(C)CC2)CC1)C(=O)Cc1ccsc1. The van der Waals surface area contributed by atoms with Gasteiger partial charge in [0.05, 0.1) is 6.42 Å². The number of hydrogen-bond acceptors (Lipinski definition) is 4. The number of thiophene rings is 1. The second-order valence-electron chi connectivity index (χ2n) is 7.75.